The van der Waals surface area contributed by atoms with E-state index in [2.05, 4.69) is 11.5 Å². The number of carbonyl (C=O) groups is 1. The van der Waals surface area contributed by atoms with Crippen LogP contribution in [0.4, 0.5) is 0 Å². The minimum absolute atomic E-state index is 0.144. The molecule has 0 spiro atoms. The van der Waals surface area contributed by atoms with Crippen LogP contribution in [0.5, 0.6) is 0 Å². The molecule has 2 saturated heterocycles. The van der Waals surface area contributed by atoms with Gasteiger partial charge in [-0.25, -0.2) is 0 Å². The Morgan fingerprint density at radius 2 is 2.22 bits per heavy atom. The van der Waals surface area contributed by atoms with Crippen molar-refractivity contribution in [3.05, 3.63) is 12.7 Å². The molecule has 2 unspecified atom stereocenters. The molecule has 2 atom stereocenters. The SMILES string of the molecule is C=CCN(C(=O)C1CCN2CCOCC12)C1CC1. The van der Waals surface area contributed by atoms with E-state index in [1.54, 1.807) is 0 Å². The number of hydrogen-bond acceptors (Lipinski definition) is 3. The molecule has 0 aromatic carbocycles. The molecular formula is C14H22N2O2. The molecule has 0 aromatic rings. The number of hydrogen-bond donors (Lipinski definition) is 0. The van der Waals surface area contributed by atoms with Gasteiger partial charge in [0.1, 0.15) is 0 Å². The van der Waals surface area contributed by atoms with Crippen molar-refractivity contribution in [3.8, 4) is 0 Å². The third-order valence-corrected chi connectivity index (χ3v) is 4.39. The molecule has 2 heterocycles. The molecule has 2 aliphatic heterocycles. The highest BCUT2D eigenvalue weighted by molar-refractivity contribution is 5.80. The summed E-state index contributed by atoms with van der Waals surface area (Å²) >= 11 is 0. The molecule has 1 amide bonds. The second kappa shape index (κ2) is 5.02. The summed E-state index contributed by atoms with van der Waals surface area (Å²) in [5.41, 5.74) is 0. The second-order valence-corrected chi connectivity index (χ2v) is 5.58. The standard InChI is InChI=1S/C14H22N2O2/c1-2-6-16(11-3-4-11)14(17)12-5-7-15-8-9-18-10-13(12)15/h2,11-13H,1,3-10H2. The zero-order chi connectivity index (χ0) is 12.5. The first-order chi connectivity index (χ1) is 8.81. The van der Waals surface area contributed by atoms with Gasteiger partial charge in [0.25, 0.3) is 0 Å². The van der Waals surface area contributed by atoms with Gasteiger partial charge in [-0.3, -0.25) is 9.69 Å². The molecule has 0 aromatic heterocycles. The van der Waals surface area contributed by atoms with Gasteiger partial charge in [-0.1, -0.05) is 6.08 Å². The number of rotatable bonds is 4. The first-order valence-electron chi connectivity index (χ1n) is 7.04. The minimum Gasteiger partial charge on any atom is -0.378 e. The van der Waals surface area contributed by atoms with E-state index in [9.17, 15) is 4.79 Å². The van der Waals surface area contributed by atoms with Crippen LogP contribution < -0.4 is 0 Å². The van der Waals surface area contributed by atoms with Crippen molar-refractivity contribution in [2.45, 2.75) is 31.3 Å². The maximum atomic E-state index is 12.7. The van der Waals surface area contributed by atoms with E-state index in [-0.39, 0.29) is 5.92 Å². The quantitative estimate of drug-likeness (QED) is 0.695. The van der Waals surface area contributed by atoms with Crippen LogP contribution in [0.25, 0.3) is 0 Å². The van der Waals surface area contributed by atoms with Gasteiger partial charge in [-0.15, -0.1) is 6.58 Å². The Morgan fingerprint density at radius 3 is 2.94 bits per heavy atom. The minimum atomic E-state index is 0.144. The van der Waals surface area contributed by atoms with Crippen LogP contribution in [0.3, 0.4) is 0 Å². The average molecular weight is 250 g/mol. The van der Waals surface area contributed by atoms with Crippen LogP contribution in [-0.2, 0) is 9.53 Å². The third kappa shape index (κ3) is 2.19. The lowest BCUT2D eigenvalue weighted by Crippen LogP contribution is -2.48. The summed E-state index contributed by atoms with van der Waals surface area (Å²) in [6.45, 7) is 8.05. The largest absolute Gasteiger partial charge is 0.378 e. The Kier molecular flexibility index (Phi) is 3.39. The summed E-state index contributed by atoms with van der Waals surface area (Å²) in [4.78, 5) is 17.1. The number of carbonyl (C=O) groups excluding carboxylic acids is 1. The van der Waals surface area contributed by atoms with Crippen LogP contribution in [0, 0.1) is 5.92 Å². The predicted molar refractivity (Wildman–Crippen MR) is 69.2 cm³/mol. The van der Waals surface area contributed by atoms with Gasteiger partial charge in [0.15, 0.2) is 0 Å². The van der Waals surface area contributed by atoms with Crippen molar-refractivity contribution in [2.75, 3.05) is 32.8 Å². The van der Waals surface area contributed by atoms with Gasteiger partial charge in [-0.05, 0) is 25.8 Å². The fraction of sp³-hybridized carbons (Fsp3) is 0.786. The molecule has 4 heteroatoms. The van der Waals surface area contributed by atoms with Crippen molar-refractivity contribution in [1.29, 1.82) is 0 Å². The summed E-state index contributed by atoms with van der Waals surface area (Å²) in [6.07, 6.45) is 5.17. The Balaban J connectivity index is 1.69. The fourth-order valence-electron chi connectivity index (χ4n) is 3.25. The van der Waals surface area contributed by atoms with Crippen LogP contribution in [0.1, 0.15) is 19.3 Å². The van der Waals surface area contributed by atoms with Crippen LogP contribution in [0.15, 0.2) is 12.7 Å². The molecule has 1 aliphatic carbocycles. The Labute approximate surface area is 109 Å². The van der Waals surface area contributed by atoms with Crippen LogP contribution >= 0.6 is 0 Å². The molecule has 4 nitrogen and oxygen atoms in total. The molecule has 0 N–H and O–H groups in total. The second-order valence-electron chi connectivity index (χ2n) is 5.58. The van der Waals surface area contributed by atoms with Crippen LogP contribution in [0.2, 0.25) is 0 Å². The van der Waals surface area contributed by atoms with E-state index in [1.165, 1.54) is 0 Å². The van der Waals surface area contributed by atoms with Gasteiger partial charge in [-0.2, -0.15) is 0 Å². The number of ether oxygens (including phenoxy) is 1. The highest BCUT2D eigenvalue weighted by Gasteiger charge is 2.44. The van der Waals surface area contributed by atoms with E-state index < -0.39 is 0 Å². The van der Waals surface area contributed by atoms with Crippen molar-refractivity contribution in [3.63, 3.8) is 0 Å². The smallest absolute Gasteiger partial charge is 0.227 e. The van der Waals surface area contributed by atoms with Crippen molar-refractivity contribution in [2.24, 2.45) is 5.92 Å². The molecule has 1 saturated carbocycles. The number of amides is 1. The van der Waals surface area contributed by atoms with E-state index in [0.717, 1.165) is 45.6 Å². The summed E-state index contributed by atoms with van der Waals surface area (Å²) in [5, 5.41) is 0. The molecule has 18 heavy (non-hydrogen) atoms. The first-order valence-corrected chi connectivity index (χ1v) is 7.04. The summed E-state index contributed by atoms with van der Waals surface area (Å²) in [6, 6.07) is 0.798. The zero-order valence-electron chi connectivity index (χ0n) is 10.9. The van der Waals surface area contributed by atoms with E-state index in [4.69, 9.17) is 4.74 Å². The summed E-state index contributed by atoms with van der Waals surface area (Å²) < 4.78 is 5.55. The molecule has 0 bridgehead atoms. The fourth-order valence-corrected chi connectivity index (χ4v) is 3.25. The lowest BCUT2D eigenvalue weighted by atomic mass is 9.98. The Hall–Kier alpha value is -0.870. The van der Waals surface area contributed by atoms with Gasteiger partial charge in [0, 0.05) is 25.2 Å². The number of nitrogens with zero attached hydrogens (tertiary/aromatic N) is 2. The number of morpholine rings is 1. The molecule has 3 aliphatic rings. The van der Waals surface area contributed by atoms with Crippen LogP contribution in [-0.4, -0.2) is 60.6 Å². The van der Waals surface area contributed by atoms with Crippen molar-refractivity contribution in [1.82, 2.24) is 9.80 Å². The topological polar surface area (TPSA) is 32.8 Å². The molecule has 3 rings (SSSR count). The highest BCUT2D eigenvalue weighted by atomic mass is 16.5. The lowest BCUT2D eigenvalue weighted by Gasteiger charge is -2.33. The van der Waals surface area contributed by atoms with Gasteiger partial charge >= 0.3 is 0 Å². The summed E-state index contributed by atoms with van der Waals surface area (Å²) in [5.74, 6) is 0.473. The highest BCUT2D eigenvalue weighted by Crippen LogP contribution is 2.33. The predicted octanol–water partition coefficient (Wildman–Crippen LogP) is 0.884. The Morgan fingerprint density at radius 1 is 1.39 bits per heavy atom. The monoisotopic (exact) mass is 250 g/mol. The summed E-state index contributed by atoms with van der Waals surface area (Å²) in [7, 11) is 0. The van der Waals surface area contributed by atoms with Gasteiger partial charge in [0.2, 0.25) is 5.91 Å². The average Bonchev–Trinajstić information content (AvgIpc) is 3.14. The molecule has 0 radical (unpaired) electrons. The molecule has 100 valence electrons. The van der Waals surface area contributed by atoms with E-state index in [1.807, 2.05) is 11.0 Å². The molecular weight excluding hydrogens is 228 g/mol. The molecule has 3 fully saturated rings. The third-order valence-electron chi connectivity index (χ3n) is 4.39. The normalized spacial score (nSPS) is 32.0. The van der Waals surface area contributed by atoms with Crippen molar-refractivity contribution >= 4 is 5.91 Å². The number of fused-ring (bicyclic) bond motifs is 1. The lowest BCUT2D eigenvalue weighted by molar-refractivity contribution is -0.138. The maximum Gasteiger partial charge on any atom is 0.227 e. The van der Waals surface area contributed by atoms with Crippen molar-refractivity contribution < 1.29 is 9.53 Å². The zero-order valence-corrected chi connectivity index (χ0v) is 10.9. The van der Waals surface area contributed by atoms with E-state index >= 15 is 0 Å². The van der Waals surface area contributed by atoms with E-state index in [0.29, 0.717) is 24.5 Å². The Bertz CT molecular complexity index is 341. The maximum absolute atomic E-state index is 12.7. The van der Waals surface area contributed by atoms with Gasteiger partial charge < -0.3 is 9.64 Å². The van der Waals surface area contributed by atoms with Gasteiger partial charge in [0.05, 0.1) is 19.1 Å². The first kappa shape index (κ1) is 12.2.